The van der Waals surface area contributed by atoms with Crippen LogP contribution in [0.25, 0.3) is 0 Å². The number of aliphatic hydroxyl groups is 1. The van der Waals surface area contributed by atoms with Crippen LogP contribution >= 0.6 is 0 Å². The Morgan fingerprint density at radius 2 is 2.46 bits per heavy atom. The maximum absolute atomic E-state index is 8.70. The molecule has 0 fully saturated rings. The van der Waals surface area contributed by atoms with Crippen LogP contribution in [0, 0.1) is 0 Å². The van der Waals surface area contributed by atoms with Gasteiger partial charge in [0.15, 0.2) is 0 Å². The van der Waals surface area contributed by atoms with E-state index in [1.807, 2.05) is 6.08 Å². The van der Waals surface area contributed by atoms with E-state index in [0.29, 0.717) is 18.7 Å². The standard InChI is InChI=1S/C11H19NO/c1-2-5-10-6-3-7-11(12-10)8-4-9-13/h2-3,6,10-13H,1,4-5,7-9H2/t10-,11-/m1/s1. The quantitative estimate of drug-likeness (QED) is 0.632. The summed E-state index contributed by atoms with van der Waals surface area (Å²) in [7, 11) is 0. The van der Waals surface area contributed by atoms with Gasteiger partial charge in [-0.25, -0.2) is 0 Å². The van der Waals surface area contributed by atoms with E-state index in [2.05, 4.69) is 24.0 Å². The summed E-state index contributed by atoms with van der Waals surface area (Å²) in [5.74, 6) is 0. The zero-order chi connectivity index (χ0) is 9.52. The van der Waals surface area contributed by atoms with Crippen molar-refractivity contribution < 1.29 is 5.11 Å². The van der Waals surface area contributed by atoms with Crippen molar-refractivity contribution in [1.82, 2.24) is 5.32 Å². The molecule has 0 amide bonds. The Labute approximate surface area is 80.3 Å². The SMILES string of the molecule is C=CC[C@@H]1C=CC[C@H](CCCO)N1. The highest BCUT2D eigenvalue weighted by atomic mass is 16.2. The molecule has 1 heterocycles. The molecule has 1 aliphatic rings. The van der Waals surface area contributed by atoms with Crippen LogP contribution in [0.4, 0.5) is 0 Å². The monoisotopic (exact) mass is 181 g/mol. The molecule has 0 spiro atoms. The van der Waals surface area contributed by atoms with Gasteiger partial charge in [-0.2, -0.15) is 0 Å². The lowest BCUT2D eigenvalue weighted by molar-refractivity contribution is 0.271. The minimum Gasteiger partial charge on any atom is -0.396 e. The molecule has 13 heavy (non-hydrogen) atoms. The van der Waals surface area contributed by atoms with Gasteiger partial charge in [0, 0.05) is 18.7 Å². The average molecular weight is 181 g/mol. The van der Waals surface area contributed by atoms with Crippen LogP contribution in [0.2, 0.25) is 0 Å². The first kappa shape index (κ1) is 10.5. The van der Waals surface area contributed by atoms with Crippen LogP contribution in [-0.4, -0.2) is 23.8 Å². The fourth-order valence-corrected chi connectivity index (χ4v) is 1.70. The van der Waals surface area contributed by atoms with E-state index >= 15 is 0 Å². The Bertz CT molecular complexity index is 177. The van der Waals surface area contributed by atoms with Crippen molar-refractivity contribution in [3.8, 4) is 0 Å². The number of nitrogens with one attached hydrogen (secondary N) is 1. The summed E-state index contributed by atoms with van der Waals surface area (Å²) >= 11 is 0. The molecule has 0 aromatic heterocycles. The second-order valence-corrected chi connectivity index (χ2v) is 3.52. The average Bonchev–Trinajstić information content (AvgIpc) is 2.16. The van der Waals surface area contributed by atoms with Crippen LogP contribution in [0.1, 0.15) is 25.7 Å². The lowest BCUT2D eigenvalue weighted by atomic mass is 10.0. The van der Waals surface area contributed by atoms with Gasteiger partial charge >= 0.3 is 0 Å². The molecule has 1 rings (SSSR count). The van der Waals surface area contributed by atoms with E-state index in [1.54, 1.807) is 0 Å². The fraction of sp³-hybridized carbons (Fsp3) is 0.636. The summed E-state index contributed by atoms with van der Waals surface area (Å²) in [5.41, 5.74) is 0. The molecule has 0 unspecified atom stereocenters. The van der Waals surface area contributed by atoms with Crippen molar-refractivity contribution in [1.29, 1.82) is 0 Å². The normalized spacial score (nSPS) is 27.5. The van der Waals surface area contributed by atoms with Crippen LogP contribution in [0.5, 0.6) is 0 Å². The third-order valence-corrected chi connectivity index (χ3v) is 2.37. The van der Waals surface area contributed by atoms with Gasteiger partial charge in [-0.15, -0.1) is 6.58 Å². The summed E-state index contributed by atoms with van der Waals surface area (Å²) in [6.45, 7) is 4.03. The van der Waals surface area contributed by atoms with Crippen molar-refractivity contribution in [2.24, 2.45) is 0 Å². The first-order chi connectivity index (χ1) is 6.36. The van der Waals surface area contributed by atoms with Crippen molar-refractivity contribution in [2.45, 2.75) is 37.8 Å². The molecule has 0 aromatic carbocycles. The number of hydrogen-bond donors (Lipinski definition) is 2. The zero-order valence-electron chi connectivity index (χ0n) is 8.08. The Kier molecular flexibility index (Phi) is 4.79. The molecule has 0 aromatic rings. The van der Waals surface area contributed by atoms with E-state index in [4.69, 9.17) is 5.11 Å². The minimum atomic E-state index is 0.300. The smallest absolute Gasteiger partial charge is 0.0431 e. The summed E-state index contributed by atoms with van der Waals surface area (Å²) < 4.78 is 0. The Balaban J connectivity index is 2.28. The predicted octanol–water partition coefficient (Wildman–Crippen LogP) is 1.62. The van der Waals surface area contributed by atoms with Gasteiger partial charge in [-0.05, 0) is 25.7 Å². The maximum atomic E-state index is 8.70. The highest BCUT2D eigenvalue weighted by molar-refractivity contribution is 5.03. The van der Waals surface area contributed by atoms with Crippen molar-refractivity contribution in [2.75, 3.05) is 6.61 Å². The topological polar surface area (TPSA) is 32.3 Å². The molecule has 0 bridgehead atoms. The number of hydrogen-bond acceptors (Lipinski definition) is 2. The lowest BCUT2D eigenvalue weighted by Gasteiger charge is -2.26. The van der Waals surface area contributed by atoms with Crippen LogP contribution in [-0.2, 0) is 0 Å². The molecule has 2 nitrogen and oxygen atoms in total. The molecule has 2 N–H and O–H groups in total. The summed E-state index contributed by atoms with van der Waals surface area (Å²) in [6, 6.07) is 0.997. The largest absolute Gasteiger partial charge is 0.396 e. The minimum absolute atomic E-state index is 0.300. The molecule has 0 aliphatic carbocycles. The first-order valence-electron chi connectivity index (χ1n) is 5.01. The van der Waals surface area contributed by atoms with Gasteiger partial charge in [-0.3, -0.25) is 0 Å². The highest BCUT2D eigenvalue weighted by Gasteiger charge is 2.14. The summed E-state index contributed by atoms with van der Waals surface area (Å²) in [5, 5.41) is 12.2. The second kappa shape index (κ2) is 5.95. The lowest BCUT2D eigenvalue weighted by Crippen LogP contribution is -2.39. The molecule has 0 saturated heterocycles. The van der Waals surface area contributed by atoms with Crippen molar-refractivity contribution in [3.63, 3.8) is 0 Å². The predicted molar refractivity (Wildman–Crippen MR) is 55.6 cm³/mol. The first-order valence-corrected chi connectivity index (χ1v) is 5.01. The van der Waals surface area contributed by atoms with Gasteiger partial charge in [-0.1, -0.05) is 18.2 Å². The maximum Gasteiger partial charge on any atom is 0.0431 e. The van der Waals surface area contributed by atoms with Crippen molar-refractivity contribution in [3.05, 3.63) is 24.8 Å². The molecule has 1 aliphatic heterocycles. The van der Waals surface area contributed by atoms with E-state index in [-0.39, 0.29) is 0 Å². The van der Waals surface area contributed by atoms with E-state index < -0.39 is 0 Å². The number of rotatable bonds is 5. The van der Waals surface area contributed by atoms with Gasteiger partial charge in [0.1, 0.15) is 0 Å². The highest BCUT2D eigenvalue weighted by Crippen LogP contribution is 2.11. The number of aliphatic hydroxyl groups excluding tert-OH is 1. The third kappa shape index (κ3) is 3.75. The zero-order valence-corrected chi connectivity index (χ0v) is 8.08. The van der Waals surface area contributed by atoms with E-state index in [9.17, 15) is 0 Å². The second-order valence-electron chi connectivity index (χ2n) is 3.52. The Morgan fingerprint density at radius 1 is 1.62 bits per heavy atom. The van der Waals surface area contributed by atoms with E-state index in [1.165, 1.54) is 0 Å². The van der Waals surface area contributed by atoms with Crippen LogP contribution in [0.15, 0.2) is 24.8 Å². The molecule has 74 valence electrons. The fourth-order valence-electron chi connectivity index (χ4n) is 1.70. The van der Waals surface area contributed by atoms with Gasteiger partial charge in [0.2, 0.25) is 0 Å². The summed E-state index contributed by atoms with van der Waals surface area (Å²) in [6.07, 6.45) is 10.4. The van der Waals surface area contributed by atoms with Gasteiger partial charge in [0.25, 0.3) is 0 Å². The van der Waals surface area contributed by atoms with Crippen LogP contribution in [0.3, 0.4) is 0 Å². The summed E-state index contributed by atoms with van der Waals surface area (Å²) in [4.78, 5) is 0. The van der Waals surface area contributed by atoms with E-state index in [0.717, 1.165) is 25.7 Å². The van der Waals surface area contributed by atoms with Gasteiger partial charge in [0.05, 0.1) is 0 Å². The van der Waals surface area contributed by atoms with Gasteiger partial charge < -0.3 is 10.4 Å². The molecule has 0 radical (unpaired) electrons. The molecular weight excluding hydrogens is 162 g/mol. The molecule has 2 atom stereocenters. The van der Waals surface area contributed by atoms with Crippen molar-refractivity contribution >= 4 is 0 Å². The molecule has 0 saturated carbocycles. The Hall–Kier alpha value is -0.600. The molecule has 2 heteroatoms. The molecular formula is C11H19NO. The van der Waals surface area contributed by atoms with Crippen LogP contribution < -0.4 is 5.32 Å². The Morgan fingerprint density at radius 3 is 3.15 bits per heavy atom. The third-order valence-electron chi connectivity index (χ3n) is 2.37.